The van der Waals surface area contributed by atoms with Crippen LogP contribution in [0.4, 0.5) is 11.4 Å². The van der Waals surface area contributed by atoms with Crippen LogP contribution in [0.3, 0.4) is 0 Å². The lowest BCUT2D eigenvalue weighted by Crippen LogP contribution is -2.25. The molecule has 0 spiro atoms. The number of ketones is 2. The number of ether oxygens (including phenoxy) is 2. The highest BCUT2D eigenvalue weighted by molar-refractivity contribution is 6.31. The molecule has 2 aromatic rings. The lowest BCUT2D eigenvalue weighted by molar-refractivity contribution is -0.114. The highest BCUT2D eigenvalue weighted by Gasteiger charge is 2.33. The number of nitrogens with one attached hydrogen (secondary N) is 2. The van der Waals surface area contributed by atoms with E-state index >= 15 is 0 Å². The molecule has 38 heavy (non-hydrogen) atoms. The van der Waals surface area contributed by atoms with Gasteiger partial charge in [0.1, 0.15) is 0 Å². The first-order chi connectivity index (χ1) is 18.4. The van der Waals surface area contributed by atoms with Gasteiger partial charge < -0.3 is 31.6 Å². The lowest BCUT2D eigenvalue weighted by atomic mass is 9.82. The van der Waals surface area contributed by atoms with Crippen LogP contribution in [0, 0.1) is 0 Å². The van der Waals surface area contributed by atoms with Crippen molar-refractivity contribution in [3.63, 3.8) is 0 Å². The zero-order valence-electron chi connectivity index (χ0n) is 21.0. The van der Waals surface area contributed by atoms with Gasteiger partial charge in [-0.05, 0) is 37.1 Å². The van der Waals surface area contributed by atoms with Gasteiger partial charge in [0.05, 0.1) is 37.6 Å². The van der Waals surface area contributed by atoms with Gasteiger partial charge >= 0.3 is 0 Å². The predicted octanol–water partition coefficient (Wildman–Crippen LogP) is 2.18. The average Bonchev–Trinajstić information content (AvgIpc) is 2.90. The van der Waals surface area contributed by atoms with Crippen LogP contribution in [0.5, 0.6) is 0 Å². The van der Waals surface area contributed by atoms with Crippen molar-refractivity contribution in [3.05, 3.63) is 83.0 Å². The maximum atomic E-state index is 13.5. The minimum absolute atomic E-state index is 0.226. The van der Waals surface area contributed by atoms with E-state index in [9.17, 15) is 19.2 Å². The van der Waals surface area contributed by atoms with Gasteiger partial charge in [0.25, 0.3) is 0 Å². The topological polar surface area (TPSA) is 163 Å². The van der Waals surface area contributed by atoms with Crippen LogP contribution < -0.4 is 22.1 Å². The molecule has 2 aromatic carbocycles. The van der Waals surface area contributed by atoms with E-state index < -0.39 is 11.8 Å². The van der Waals surface area contributed by atoms with Crippen molar-refractivity contribution >= 4 is 34.8 Å². The molecule has 0 saturated carbocycles. The number of nitrogens with two attached hydrogens (primary N) is 2. The first-order valence-corrected chi connectivity index (χ1v) is 12.3. The number of benzene rings is 2. The minimum atomic E-state index is -0.503. The molecule has 10 nitrogen and oxygen atoms in total. The predicted molar refractivity (Wildman–Crippen MR) is 144 cm³/mol. The Bertz CT molecular complexity index is 1140. The number of rotatable bonds is 16. The normalized spacial score (nSPS) is 12.5. The number of hydrogen-bond donors (Lipinski definition) is 4. The maximum absolute atomic E-state index is 13.5. The van der Waals surface area contributed by atoms with Gasteiger partial charge in [0.2, 0.25) is 11.8 Å². The maximum Gasteiger partial charge on any atom is 0.241 e. The summed E-state index contributed by atoms with van der Waals surface area (Å²) in [6.45, 7) is 2.40. The Morgan fingerprint density at radius 3 is 1.50 bits per heavy atom. The smallest absolute Gasteiger partial charge is 0.241 e. The van der Waals surface area contributed by atoms with Crippen LogP contribution in [0.1, 0.15) is 44.7 Å². The van der Waals surface area contributed by atoms with Crippen LogP contribution in [0.15, 0.2) is 60.7 Å². The lowest BCUT2D eigenvalue weighted by Gasteiger charge is -2.24. The third-order valence-corrected chi connectivity index (χ3v) is 5.62. The summed E-state index contributed by atoms with van der Waals surface area (Å²) in [4.78, 5) is 48.3. The van der Waals surface area contributed by atoms with Gasteiger partial charge in [-0.3, -0.25) is 19.2 Å². The van der Waals surface area contributed by atoms with Crippen molar-refractivity contribution in [1.29, 1.82) is 0 Å². The molecule has 3 rings (SSSR count). The zero-order chi connectivity index (χ0) is 27.3. The SMILES string of the molecule is NC(=O)C=CCCOCCNc1ccc(NCCOCCC=CC(N)=O)c2c1C(=O)c1ccccc1C2=O. The number of carbonyl (C=O) groups is 4. The molecule has 200 valence electrons. The molecule has 0 saturated heterocycles. The minimum Gasteiger partial charge on any atom is -0.382 e. The number of primary amides is 2. The van der Waals surface area contributed by atoms with E-state index in [1.165, 1.54) is 12.2 Å². The summed E-state index contributed by atoms with van der Waals surface area (Å²) in [5.74, 6) is -1.46. The summed E-state index contributed by atoms with van der Waals surface area (Å²) in [6.07, 6.45) is 6.98. The Morgan fingerprint density at radius 2 is 1.11 bits per heavy atom. The van der Waals surface area contributed by atoms with Crippen molar-refractivity contribution in [2.45, 2.75) is 12.8 Å². The third-order valence-electron chi connectivity index (χ3n) is 5.62. The molecule has 2 amide bonds. The molecular weight excluding hydrogens is 488 g/mol. The van der Waals surface area contributed by atoms with Crippen molar-refractivity contribution in [2.75, 3.05) is 50.2 Å². The Labute approximate surface area is 221 Å². The van der Waals surface area contributed by atoms with Crippen LogP contribution >= 0.6 is 0 Å². The fourth-order valence-corrected chi connectivity index (χ4v) is 3.94. The molecule has 0 unspecified atom stereocenters. The van der Waals surface area contributed by atoms with E-state index in [4.69, 9.17) is 20.9 Å². The molecule has 0 atom stereocenters. The van der Waals surface area contributed by atoms with Crippen molar-refractivity contribution in [1.82, 2.24) is 0 Å². The second-order valence-corrected chi connectivity index (χ2v) is 8.38. The summed E-state index contributed by atoms with van der Waals surface area (Å²) in [5, 5.41) is 6.43. The zero-order valence-corrected chi connectivity index (χ0v) is 21.0. The number of fused-ring (bicyclic) bond motifs is 2. The van der Waals surface area contributed by atoms with Gasteiger partial charge in [-0.25, -0.2) is 0 Å². The van der Waals surface area contributed by atoms with E-state index in [-0.39, 0.29) is 11.6 Å². The molecule has 10 heteroatoms. The number of anilines is 2. The second-order valence-electron chi connectivity index (χ2n) is 8.38. The van der Waals surface area contributed by atoms with Gasteiger partial charge in [0.15, 0.2) is 11.6 Å². The third kappa shape index (κ3) is 7.86. The highest BCUT2D eigenvalue weighted by Crippen LogP contribution is 2.36. The first kappa shape index (κ1) is 28.3. The molecule has 0 radical (unpaired) electrons. The molecule has 1 aliphatic carbocycles. The van der Waals surface area contributed by atoms with Gasteiger partial charge in [-0.15, -0.1) is 0 Å². The summed E-state index contributed by atoms with van der Waals surface area (Å²) < 4.78 is 11.1. The van der Waals surface area contributed by atoms with Crippen LogP contribution in [-0.2, 0) is 19.1 Å². The average molecular weight is 521 g/mol. The van der Waals surface area contributed by atoms with Crippen molar-refractivity contribution < 1.29 is 28.7 Å². The van der Waals surface area contributed by atoms with Crippen LogP contribution in [-0.4, -0.2) is 62.9 Å². The fourth-order valence-electron chi connectivity index (χ4n) is 3.94. The van der Waals surface area contributed by atoms with Crippen molar-refractivity contribution in [3.8, 4) is 0 Å². The van der Waals surface area contributed by atoms with E-state index in [1.54, 1.807) is 48.6 Å². The second kappa shape index (κ2) is 14.5. The van der Waals surface area contributed by atoms with Gasteiger partial charge in [-0.2, -0.15) is 0 Å². The van der Waals surface area contributed by atoms with E-state index in [1.807, 2.05) is 0 Å². The number of amides is 2. The Kier molecular flexibility index (Phi) is 10.8. The van der Waals surface area contributed by atoms with Crippen LogP contribution in [0.2, 0.25) is 0 Å². The molecule has 1 aliphatic rings. The standard InChI is InChI=1S/C28H32N4O6/c29-23(33)9-3-5-15-37-17-13-31-21-11-12-22(32-14-18-38-16-6-4-10-24(30)34)26-25(21)27(35)19-7-1-2-8-20(19)28(26)36/h1-4,7-12,31-32H,5-6,13-18H2,(H2,29,33)(H2,30,34). The van der Waals surface area contributed by atoms with Gasteiger partial charge in [0, 0.05) is 35.6 Å². The van der Waals surface area contributed by atoms with Crippen LogP contribution in [0.25, 0.3) is 0 Å². The van der Waals surface area contributed by atoms with Crippen molar-refractivity contribution in [2.24, 2.45) is 11.5 Å². The summed E-state index contributed by atoms with van der Waals surface area (Å²) in [7, 11) is 0. The number of hydrogen-bond acceptors (Lipinski definition) is 8. The quantitative estimate of drug-likeness (QED) is 0.165. The molecule has 0 bridgehead atoms. The first-order valence-electron chi connectivity index (χ1n) is 12.3. The molecule has 6 N–H and O–H groups in total. The number of carbonyl (C=O) groups excluding carboxylic acids is 4. The van der Waals surface area contributed by atoms with Gasteiger partial charge in [-0.1, -0.05) is 36.4 Å². The molecule has 0 heterocycles. The summed E-state index contributed by atoms with van der Waals surface area (Å²) in [5.41, 5.74) is 12.6. The van der Waals surface area contributed by atoms with E-state index in [2.05, 4.69) is 10.6 Å². The van der Waals surface area contributed by atoms with E-state index in [0.29, 0.717) is 86.0 Å². The largest absolute Gasteiger partial charge is 0.382 e. The van der Waals surface area contributed by atoms with E-state index in [0.717, 1.165) is 0 Å². The Hall–Kier alpha value is -4.28. The Morgan fingerprint density at radius 1 is 0.684 bits per heavy atom. The molecule has 0 aliphatic heterocycles. The Balaban J connectivity index is 1.66. The molecule has 0 aromatic heterocycles. The summed E-state index contributed by atoms with van der Waals surface area (Å²) in [6, 6.07) is 10.3. The fraction of sp³-hybridized carbons (Fsp3) is 0.286. The highest BCUT2D eigenvalue weighted by atomic mass is 16.5. The molecule has 0 fully saturated rings. The monoisotopic (exact) mass is 520 g/mol. The molecular formula is C28H32N4O6. The summed E-state index contributed by atoms with van der Waals surface area (Å²) >= 11 is 0.